The van der Waals surface area contributed by atoms with Crippen LogP contribution >= 0.6 is 0 Å². The molecule has 2 unspecified atom stereocenters. The van der Waals surface area contributed by atoms with Crippen molar-refractivity contribution in [3.05, 3.63) is 0 Å². The standard InChI is InChI=1S/C8H20NSi/c1-7-5-6-9(4,10)8(7,2)3/h7H,5-6H2,1-4,10H3/q+1. The molecule has 1 fully saturated rings. The van der Waals surface area contributed by atoms with E-state index in [1.807, 2.05) is 0 Å². The van der Waals surface area contributed by atoms with Crippen LogP contribution in [0.1, 0.15) is 27.2 Å². The van der Waals surface area contributed by atoms with E-state index in [0.29, 0.717) is 5.54 Å². The quantitative estimate of drug-likeness (QED) is 0.451. The van der Waals surface area contributed by atoms with E-state index in [1.54, 1.807) is 0 Å². The van der Waals surface area contributed by atoms with Crippen molar-refractivity contribution in [3.63, 3.8) is 0 Å². The third-order valence-corrected chi connectivity index (χ3v) is 5.49. The molecule has 0 amide bonds. The van der Waals surface area contributed by atoms with E-state index in [2.05, 4.69) is 27.8 Å². The van der Waals surface area contributed by atoms with Crippen LogP contribution in [-0.2, 0) is 0 Å². The fraction of sp³-hybridized carbons (Fsp3) is 1.00. The first-order chi connectivity index (χ1) is 4.38. The zero-order valence-electron chi connectivity index (χ0n) is 7.94. The third-order valence-electron chi connectivity index (χ3n) is 3.89. The second-order valence-corrected chi connectivity index (χ2v) is 6.73. The third kappa shape index (κ3) is 0.939. The van der Waals surface area contributed by atoms with Crippen LogP contribution in [0.2, 0.25) is 0 Å². The highest BCUT2D eigenvalue weighted by Crippen LogP contribution is 2.37. The molecule has 0 aromatic carbocycles. The SMILES string of the molecule is CC1CC[N+](C)([SiH3])C1(C)C. The molecule has 0 radical (unpaired) electrons. The fourth-order valence-corrected chi connectivity index (χ4v) is 2.45. The zero-order valence-corrected chi connectivity index (χ0v) is 9.94. The van der Waals surface area contributed by atoms with E-state index in [-0.39, 0.29) is 0 Å². The monoisotopic (exact) mass is 158 g/mol. The van der Waals surface area contributed by atoms with E-state index in [4.69, 9.17) is 0 Å². The molecule has 1 nitrogen and oxygen atoms in total. The van der Waals surface area contributed by atoms with Crippen molar-refractivity contribution in [1.82, 2.24) is 0 Å². The molecule has 1 heterocycles. The van der Waals surface area contributed by atoms with Crippen molar-refractivity contribution < 1.29 is 4.15 Å². The largest absolute Gasteiger partial charge is 0.388 e. The van der Waals surface area contributed by atoms with E-state index in [1.165, 1.54) is 27.5 Å². The van der Waals surface area contributed by atoms with Crippen LogP contribution in [0.15, 0.2) is 0 Å². The van der Waals surface area contributed by atoms with Crippen molar-refractivity contribution in [2.24, 2.45) is 5.92 Å². The van der Waals surface area contributed by atoms with Crippen LogP contribution in [0.4, 0.5) is 0 Å². The van der Waals surface area contributed by atoms with Gasteiger partial charge in [-0.2, -0.15) is 0 Å². The van der Waals surface area contributed by atoms with E-state index in [9.17, 15) is 0 Å². The van der Waals surface area contributed by atoms with Crippen molar-refractivity contribution in [2.45, 2.75) is 32.7 Å². The predicted molar refractivity (Wildman–Crippen MR) is 48.9 cm³/mol. The van der Waals surface area contributed by atoms with E-state index < -0.39 is 0 Å². The zero-order chi connectivity index (χ0) is 7.99. The average molecular weight is 158 g/mol. The van der Waals surface area contributed by atoms with E-state index in [0.717, 1.165) is 5.92 Å². The van der Waals surface area contributed by atoms with Gasteiger partial charge in [-0.15, -0.1) is 0 Å². The molecule has 2 heteroatoms. The van der Waals surface area contributed by atoms with Gasteiger partial charge in [0.25, 0.3) is 0 Å². The first-order valence-electron chi connectivity index (χ1n) is 4.21. The summed E-state index contributed by atoms with van der Waals surface area (Å²) in [5.41, 5.74) is 0.548. The highest BCUT2D eigenvalue weighted by molar-refractivity contribution is 5.97. The van der Waals surface area contributed by atoms with Gasteiger partial charge in [-0.1, -0.05) is 6.92 Å². The van der Waals surface area contributed by atoms with Crippen LogP contribution in [-0.4, -0.2) is 33.7 Å². The average Bonchev–Trinajstić information content (AvgIpc) is 1.94. The van der Waals surface area contributed by atoms with Gasteiger partial charge in [0.05, 0.1) is 19.1 Å². The Labute approximate surface area is 67.5 Å². The smallest absolute Gasteiger partial charge is 0.239 e. The van der Waals surface area contributed by atoms with Gasteiger partial charge >= 0.3 is 0 Å². The number of nitrogens with zero attached hydrogens (tertiary/aromatic N) is 1. The molecule has 2 atom stereocenters. The summed E-state index contributed by atoms with van der Waals surface area (Å²) in [4.78, 5) is 0. The molecule has 1 saturated heterocycles. The minimum atomic E-state index is 0.548. The molecule has 0 aromatic rings. The van der Waals surface area contributed by atoms with Gasteiger partial charge in [-0.3, -0.25) is 0 Å². The van der Waals surface area contributed by atoms with Crippen LogP contribution in [0.25, 0.3) is 0 Å². The summed E-state index contributed by atoms with van der Waals surface area (Å²) in [6, 6.07) is 0. The lowest BCUT2D eigenvalue weighted by Crippen LogP contribution is -2.54. The molecule has 0 aromatic heterocycles. The number of likely N-dealkylation sites (tertiary alicyclic amines) is 1. The highest BCUT2D eigenvalue weighted by Gasteiger charge is 2.45. The van der Waals surface area contributed by atoms with Crippen LogP contribution < -0.4 is 0 Å². The molecule has 1 aliphatic heterocycles. The van der Waals surface area contributed by atoms with Gasteiger partial charge in [-0.25, -0.2) is 0 Å². The summed E-state index contributed by atoms with van der Waals surface area (Å²) < 4.78 is 1.33. The van der Waals surface area contributed by atoms with Gasteiger partial charge in [0.1, 0.15) is 0 Å². The predicted octanol–water partition coefficient (Wildman–Crippen LogP) is 0.532. The molecule has 10 heavy (non-hydrogen) atoms. The minimum Gasteiger partial charge on any atom is -0.388 e. The second-order valence-electron chi connectivity index (χ2n) is 4.75. The minimum absolute atomic E-state index is 0.548. The first-order valence-corrected chi connectivity index (χ1v) is 5.10. The summed E-state index contributed by atoms with van der Waals surface area (Å²) in [6.45, 7) is 8.62. The molecule has 1 rings (SSSR count). The number of quaternary nitrogens is 1. The molecule has 0 aliphatic carbocycles. The Morgan fingerprint density at radius 1 is 1.50 bits per heavy atom. The summed E-state index contributed by atoms with van der Waals surface area (Å²) >= 11 is 0. The Morgan fingerprint density at radius 3 is 2.10 bits per heavy atom. The van der Waals surface area contributed by atoms with Gasteiger partial charge in [0.2, 0.25) is 10.4 Å². The molecule has 0 spiro atoms. The number of hydrogen-bond acceptors (Lipinski definition) is 0. The lowest BCUT2D eigenvalue weighted by Gasteiger charge is -2.42. The topological polar surface area (TPSA) is 0 Å². The van der Waals surface area contributed by atoms with Gasteiger partial charge in [0.15, 0.2) is 0 Å². The molecule has 60 valence electrons. The summed E-state index contributed by atoms with van der Waals surface area (Å²) in [6.07, 6.45) is 1.42. The van der Waals surface area contributed by atoms with Crippen molar-refractivity contribution >= 4 is 10.4 Å². The maximum absolute atomic E-state index is 2.41. The summed E-state index contributed by atoms with van der Waals surface area (Å²) in [7, 11) is 3.69. The Kier molecular flexibility index (Phi) is 1.72. The Morgan fingerprint density at radius 2 is 2.00 bits per heavy atom. The van der Waals surface area contributed by atoms with Crippen LogP contribution in [0.3, 0.4) is 0 Å². The summed E-state index contributed by atoms with van der Waals surface area (Å²) in [5.74, 6) is 0.912. The Hall–Kier alpha value is 0.177. The van der Waals surface area contributed by atoms with Gasteiger partial charge in [0, 0.05) is 12.3 Å². The molecule has 0 saturated carbocycles. The molecule has 0 bridgehead atoms. The normalized spacial score (nSPS) is 46.2. The molecule has 0 N–H and O–H groups in total. The maximum Gasteiger partial charge on any atom is 0.239 e. The van der Waals surface area contributed by atoms with E-state index >= 15 is 0 Å². The molecular weight excluding hydrogens is 138 g/mol. The molecular formula is C8H20NSi+. The van der Waals surface area contributed by atoms with Gasteiger partial charge < -0.3 is 4.15 Å². The van der Waals surface area contributed by atoms with Crippen molar-refractivity contribution in [2.75, 3.05) is 13.6 Å². The summed E-state index contributed by atoms with van der Waals surface area (Å²) in [5, 5.41) is 0. The first kappa shape index (κ1) is 8.28. The second kappa shape index (κ2) is 2.08. The number of rotatable bonds is 0. The van der Waals surface area contributed by atoms with Crippen LogP contribution in [0, 0.1) is 5.92 Å². The van der Waals surface area contributed by atoms with Crippen molar-refractivity contribution in [3.8, 4) is 0 Å². The highest BCUT2D eigenvalue weighted by atomic mass is 28.2. The lowest BCUT2D eigenvalue weighted by molar-refractivity contribution is -0.836. The van der Waals surface area contributed by atoms with Crippen molar-refractivity contribution in [1.29, 1.82) is 0 Å². The fourth-order valence-electron chi connectivity index (χ4n) is 1.75. The number of hydrogen-bond donors (Lipinski definition) is 0. The Bertz CT molecular complexity index is 140. The maximum atomic E-state index is 2.41. The molecule has 1 aliphatic rings. The Balaban J connectivity index is 2.84. The van der Waals surface area contributed by atoms with Crippen LogP contribution in [0.5, 0.6) is 0 Å². The van der Waals surface area contributed by atoms with Gasteiger partial charge in [-0.05, 0) is 13.8 Å². The lowest BCUT2D eigenvalue weighted by atomic mass is 9.91.